The molecule has 1 fully saturated rings. The van der Waals surface area contributed by atoms with E-state index in [-0.39, 0.29) is 17.5 Å². The van der Waals surface area contributed by atoms with E-state index in [2.05, 4.69) is 10.2 Å². The van der Waals surface area contributed by atoms with Crippen LogP contribution in [0, 0.1) is 0 Å². The van der Waals surface area contributed by atoms with Crippen molar-refractivity contribution in [2.75, 3.05) is 64.2 Å². The summed E-state index contributed by atoms with van der Waals surface area (Å²) < 4.78 is 36.1. The fourth-order valence-corrected chi connectivity index (χ4v) is 3.92. The lowest BCUT2D eigenvalue weighted by Crippen LogP contribution is -2.36. The first-order valence-corrected chi connectivity index (χ1v) is 11.1. The summed E-state index contributed by atoms with van der Waals surface area (Å²) in [6.45, 7) is 3.63. The Labute approximate surface area is 177 Å². The number of amides is 1. The Morgan fingerprint density at radius 3 is 2.37 bits per heavy atom. The van der Waals surface area contributed by atoms with Crippen molar-refractivity contribution in [3.05, 3.63) is 42.2 Å². The highest BCUT2D eigenvalue weighted by Crippen LogP contribution is 2.20. The Morgan fingerprint density at radius 2 is 1.73 bits per heavy atom. The second-order valence-electron chi connectivity index (χ2n) is 7.37. The second-order valence-corrected chi connectivity index (χ2v) is 9.46. The third-order valence-corrected chi connectivity index (χ3v) is 6.43. The molecule has 1 aliphatic heterocycles. The Hall–Kier alpha value is -2.40. The van der Waals surface area contributed by atoms with Gasteiger partial charge in [0.1, 0.15) is 5.76 Å². The van der Waals surface area contributed by atoms with Crippen LogP contribution in [0.5, 0.6) is 0 Å². The number of anilines is 2. The van der Waals surface area contributed by atoms with Crippen molar-refractivity contribution in [2.45, 2.75) is 11.6 Å². The summed E-state index contributed by atoms with van der Waals surface area (Å²) in [6, 6.07) is 10.8. The quantitative estimate of drug-likeness (QED) is 0.669. The van der Waals surface area contributed by atoms with E-state index < -0.39 is 10.0 Å². The second kappa shape index (κ2) is 9.61. The summed E-state index contributed by atoms with van der Waals surface area (Å²) in [6.07, 6.45) is 0. The molecule has 0 radical (unpaired) electrons. The smallest absolute Gasteiger partial charge is 0.275 e. The maximum atomic E-state index is 12.3. The van der Waals surface area contributed by atoms with Crippen LogP contribution in [-0.4, -0.2) is 77.5 Å². The molecule has 1 amide bonds. The molecule has 10 heteroatoms. The Kier molecular flexibility index (Phi) is 7.14. The summed E-state index contributed by atoms with van der Waals surface area (Å²) in [5.41, 5.74) is 1.83. The molecule has 0 atom stereocenters. The van der Waals surface area contributed by atoms with Crippen LogP contribution in [0.2, 0.25) is 0 Å². The summed E-state index contributed by atoms with van der Waals surface area (Å²) in [5, 5.41) is 2.77. The molecule has 30 heavy (non-hydrogen) atoms. The van der Waals surface area contributed by atoms with Gasteiger partial charge in [0.15, 0.2) is 0 Å². The van der Waals surface area contributed by atoms with Crippen LogP contribution in [0.1, 0.15) is 5.76 Å². The van der Waals surface area contributed by atoms with E-state index in [1.54, 1.807) is 18.0 Å². The first kappa shape index (κ1) is 22.3. The number of hydrogen-bond acceptors (Lipinski definition) is 7. The largest absolute Gasteiger partial charge is 0.447 e. The lowest BCUT2D eigenvalue weighted by atomic mass is 10.2. The number of carbonyl (C=O) groups is 1. The number of rotatable bonds is 8. The minimum Gasteiger partial charge on any atom is -0.447 e. The van der Waals surface area contributed by atoms with E-state index in [1.807, 2.05) is 24.3 Å². The molecule has 9 nitrogen and oxygen atoms in total. The van der Waals surface area contributed by atoms with E-state index in [0.717, 1.165) is 42.0 Å². The van der Waals surface area contributed by atoms with Crippen molar-refractivity contribution >= 4 is 27.3 Å². The van der Waals surface area contributed by atoms with Gasteiger partial charge in [0.05, 0.1) is 26.3 Å². The van der Waals surface area contributed by atoms with Crippen LogP contribution < -0.4 is 10.2 Å². The van der Waals surface area contributed by atoms with E-state index >= 15 is 0 Å². The van der Waals surface area contributed by atoms with E-state index in [4.69, 9.17) is 9.15 Å². The summed E-state index contributed by atoms with van der Waals surface area (Å²) in [4.78, 5) is 16.3. The molecule has 1 aliphatic rings. The maximum absolute atomic E-state index is 12.3. The van der Waals surface area contributed by atoms with Crippen LogP contribution >= 0.6 is 0 Å². The topological polar surface area (TPSA) is 95.3 Å². The molecule has 0 bridgehead atoms. The highest BCUT2D eigenvalue weighted by atomic mass is 32.2. The van der Waals surface area contributed by atoms with Gasteiger partial charge in [-0.3, -0.25) is 9.69 Å². The predicted octanol–water partition coefficient (Wildman–Crippen LogP) is 1.44. The molecule has 164 valence electrons. The highest BCUT2D eigenvalue weighted by Gasteiger charge is 2.22. The van der Waals surface area contributed by atoms with E-state index in [1.165, 1.54) is 20.2 Å². The molecule has 0 saturated carbocycles. The van der Waals surface area contributed by atoms with Gasteiger partial charge >= 0.3 is 0 Å². The molecular weight excluding hydrogens is 408 g/mol. The molecule has 0 unspecified atom stereocenters. The van der Waals surface area contributed by atoms with Crippen LogP contribution in [0.3, 0.4) is 0 Å². The predicted molar refractivity (Wildman–Crippen MR) is 114 cm³/mol. The third kappa shape index (κ3) is 5.60. The Bertz CT molecular complexity index is 950. The maximum Gasteiger partial charge on any atom is 0.275 e. The Balaban J connectivity index is 1.50. The summed E-state index contributed by atoms with van der Waals surface area (Å²) in [5.74, 6) is 0.310. The number of benzene rings is 1. The standard InChI is InChI=1S/C20H28N4O5S/c1-22(2)30(26,27)20-9-8-18(29-20)14-23(3)15-19(25)21-16-4-6-17(7-5-16)24-10-12-28-13-11-24/h4-9H,10-15H2,1-3H3,(H,21,25). The molecule has 0 aliphatic carbocycles. The van der Waals surface area contributed by atoms with Gasteiger partial charge in [0.25, 0.3) is 10.0 Å². The summed E-state index contributed by atoms with van der Waals surface area (Å²) in [7, 11) is 1.05. The molecule has 1 aromatic carbocycles. The molecule has 3 rings (SSSR count). The van der Waals surface area contributed by atoms with Crippen LogP contribution in [0.4, 0.5) is 11.4 Å². The number of hydrogen-bond donors (Lipinski definition) is 1. The van der Waals surface area contributed by atoms with Gasteiger partial charge in [-0.05, 0) is 43.4 Å². The number of likely N-dealkylation sites (N-methyl/N-ethyl adjacent to an activating group) is 1. The van der Waals surface area contributed by atoms with Crippen molar-refractivity contribution in [1.82, 2.24) is 9.21 Å². The van der Waals surface area contributed by atoms with Gasteiger partial charge < -0.3 is 19.4 Å². The number of carbonyl (C=O) groups excluding carboxylic acids is 1. The zero-order chi connectivity index (χ0) is 21.7. The van der Waals surface area contributed by atoms with Crippen LogP contribution in [0.15, 0.2) is 45.9 Å². The molecule has 1 aromatic heterocycles. The molecular formula is C20H28N4O5S. The van der Waals surface area contributed by atoms with Crippen LogP contribution in [0.25, 0.3) is 0 Å². The van der Waals surface area contributed by atoms with Gasteiger partial charge in [-0.2, -0.15) is 0 Å². The van der Waals surface area contributed by atoms with Gasteiger partial charge in [-0.15, -0.1) is 0 Å². The fourth-order valence-electron chi connectivity index (χ4n) is 3.11. The average molecular weight is 437 g/mol. The van der Waals surface area contributed by atoms with Gasteiger partial charge in [0.2, 0.25) is 11.0 Å². The first-order valence-electron chi connectivity index (χ1n) is 9.68. The number of furan rings is 1. The number of morpholine rings is 1. The normalized spacial score (nSPS) is 15.0. The highest BCUT2D eigenvalue weighted by molar-refractivity contribution is 7.88. The molecule has 1 saturated heterocycles. The average Bonchev–Trinajstić information content (AvgIpc) is 3.18. The number of ether oxygens (including phenoxy) is 1. The lowest BCUT2D eigenvalue weighted by molar-refractivity contribution is -0.117. The zero-order valence-electron chi connectivity index (χ0n) is 17.5. The minimum absolute atomic E-state index is 0.110. The van der Waals surface area contributed by atoms with Crippen molar-refractivity contribution in [3.63, 3.8) is 0 Å². The fraction of sp³-hybridized carbons (Fsp3) is 0.450. The molecule has 2 aromatic rings. The Morgan fingerprint density at radius 1 is 1.07 bits per heavy atom. The molecule has 0 spiro atoms. The van der Waals surface area contributed by atoms with Gasteiger partial charge in [0, 0.05) is 38.6 Å². The minimum atomic E-state index is -3.61. The first-order chi connectivity index (χ1) is 14.3. The summed E-state index contributed by atoms with van der Waals surface area (Å²) >= 11 is 0. The van der Waals surface area contributed by atoms with E-state index in [0.29, 0.717) is 12.3 Å². The van der Waals surface area contributed by atoms with Crippen molar-refractivity contribution in [2.24, 2.45) is 0 Å². The number of nitrogens with one attached hydrogen (secondary N) is 1. The SMILES string of the molecule is CN(CC(=O)Nc1ccc(N2CCOCC2)cc1)Cc1ccc(S(=O)(=O)N(C)C)o1. The number of nitrogens with zero attached hydrogens (tertiary/aromatic N) is 3. The third-order valence-electron chi connectivity index (χ3n) is 4.74. The van der Waals surface area contributed by atoms with Crippen LogP contribution in [-0.2, 0) is 26.1 Å². The van der Waals surface area contributed by atoms with Crippen molar-refractivity contribution < 1.29 is 22.4 Å². The van der Waals surface area contributed by atoms with E-state index in [9.17, 15) is 13.2 Å². The van der Waals surface area contributed by atoms with Gasteiger partial charge in [-0.25, -0.2) is 12.7 Å². The van der Waals surface area contributed by atoms with Crippen molar-refractivity contribution in [1.29, 1.82) is 0 Å². The lowest BCUT2D eigenvalue weighted by Gasteiger charge is -2.28. The van der Waals surface area contributed by atoms with Gasteiger partial charge in [-0.1, -0.05) is 0 Å². The zero-order valence-corrected chi connectivity index (χ0v) is 18.3. The van der Waals surface area contributed by atoms with Crippen molar-refractivity contribution in [3.8, 4) is 0 Å². The molecule has 1 N–H and O–H groups in total. The molecule has 2 heterocycles. The number of sulfonamides is 1. The monoisotopic (exact) mass is 436 g/mol.